The zero-order valence-corrected chi connectivity index (χ0v) is 12.8. The van der Waals surface area contributed by atoms with Gasteiger partial charge in [0, 0.05) is 17.3 Å². The Hall–Kier alpha value is -0.770. The molecule has 2 rings (SSSR count). The molecule has 112 valence electrons. The van der Waals surface area contributed by atoms with Crippen LogP contribution in [0.5, 0.6) is 0 Å². The first-order valence-corrected chi connectivity index (χ1v) is 7.80. The first-order chi connectivity index (χ1) is 9.63. The van der Waals surface area contributed by atoms with Gasteiger partial charge in [0.05, 0.1) is 18.8 Å². The number of halogens is 1. The van der Waals surface area contributed by atoms with Crippen molar-refractivity contribution in [2.45, 2.75) is 44.8 Å². The van der Waals surface area contributed by atoms with Crippen LogP contribution >= 0.6 is 11.6 Å². The summed E-state index contributed by atoms with van der Waals surface area (Å²) in [7, 11) is 0. The molecular formula is C16H24ClNO2. The molecule has 20 heavy (non-hydrogen) atoms. The molecule has 1 fully saturated rings. The molecule has 1 aromatic rings. The standard InChI is InChI=1S/C16H24ClNO2/c1-12-2-8-16(9-3-12)20-11-15(19)10-18-14-6-4-13(17)5-7-14/h4-7,12,15-16,18-19H,2-3,8-11H2,1H3. The summed E-state index contributed by atoms with van der Waals surface area (Å²) in [5.74, 6) is 0.825. The zero-order chi connectivity index (χ0) is 14.4. The van der Waals surface area contributed by atoms with E-state index >= 15 is 0 Å². The van der Waals surface area contributed by atoms with Crippen LogP contribution in [0.25, 0.3) is 0 Å². The van der Waals surface area contributed by atoms with Gasteiger partial charge in [-0.2, -0.15) is 0 Å². The highest BCUT2D eigenvalue weighted by Gasteiger charge is 2.19. The highest BCUT2D eigenvalue weighted by Crippen LogP contribution is 2.25. The van der Waals surface area contributed by atoms with Crippen molar-refractivity contribution in [3.63, 3.8) is 0 Å². The molecule has 2 N–H and O–H groups in total. The maximum Gasteiger partial charge on any atom is 0.0945 e. The smallest absolute Gasteiger partial charge is 0.0945 e. The Balaban J connectivity index is 1.62. The van der Waals surface area contributed by atoms with Gasteiger partial charge >= 0.3 is 0 Å². The second-order valence-electron chi connectivity index (χ2n) is 5.76. The van der Waals surface area contributed by atoms with Gasteiger partial charge in [-0.25, -0.2) is 0 Å². The van der Waals surface area contributed by atoms with Gasteiger partial charge in [-0.1, -0.05) is 18.5 Å². The molecule has 1 aromatic carbocycles. The van der Waals surface area contributed by atoms with Crippen LogP contribution in [0.3, 0.4) is 0 Å². The molecule has 0 aromatic heterocycles. The third-order valence-electron chi connectivity index (χ3n) is 3.87. The Labute approximate surface area is 126 Å². The van der Waals surface area contributed by atoms with E-state index in [1.165, 1.54) is 12.8 Å². The van der Waals surface area contributed by atoms with E-state index in [0.29, 0.717) is 24.3 Å². The van der Waals surface area contributed by atoms with Gasteiger partial charge in [0.25, 0.3) is 0 Å². The molecule has 1 aliphatic rings. The number of benzene rings is 1. The highest BCUT2D eigenvalue weighted by molar-refractivity contribution is 6.30. The SMILES string of the molecule is CC1CCC(OCC(O)CNc2ccc(Cl)cc2)CC1. The number of rotatable bonds is 6. The fourth-order valence-corrected chi connectivity index (χ4v) is 2.63. The van der Waals surface area contributed by atoms with Crippen molar-refractivity contribution in [2.24, 2.45) is 5.92 Å². The predicted octanol–water partition coefficient (Wildman–Crippen LogP) is 3.71. The topological polar surface area (TPSA) is 41.5 Å². The number of anilines is 1. The third kappa shape index (κ3) is 5.31. The van der Waals surface area contributed by atoms with Crippen LogP contribution in [-0.4, -0.2) is 30.5 Å². The average Bonchev–Trinajstić information content (AvgIpc) is 2.46. The summed E-state index contributed by atoms with van der Waals surface area (Å²) < 4.78 is 5.79. The van der Waals surface area contributed by atoms with Gasteiger partial charge in [-0.3, -0.25) is 0 Å². The number of nitrogens with one attached hydrogen (secondary N) is 1. The summed E-state index contributed by atoms with van der Waals surface area (Å²) in [6.45, 7) is 3.19. The minimum atomic E-state index is -0.481. The van der Waals surface area contributed by atoms with Gasteiger partial charge in [0.1, 0.15) is 0 Å². The Morgan fingerprint density at radius 1 is 1.25 bits per heavy atom. The number of ether oxygens (including phenoxy) is 1. The van der Waals surface area contributed by atoms with Crippen molar-refractivity contribution in [3.05, 3.63) is 29.3 Å². The highest BCUT2D eigenvalue weighted by atomic mass is 35.5. The van der Waals surface area contributed by atoms with Gasteiger partial charge < -0.3 is 15.2 Å². The summed E-state index contributed by atoms with van der Waals surface area (Å²) in [5.41, 5.74) is 0.958. The maximum atomic E-state index is 9.93. The second kappa shape index (κ2) is 7.87. The van der Waals surface area contributed by atoms with E-state index in [4.69, 9.17) is 16.3 Å². The summed E-state index contributed by atoms with van der Waals surface area (Å²) in [6.07, 6.45) is 4.58. The van der Waals surface area contributed by atoms with Gasteiger partial charge in [0.2, 0.25) is 0 Å². The molecule has 1 atom stereocenters. The molecule has 0 saturated heterocycles. The van der Waals surface area contributed by atoms with Crippen molar-refractivity contribution in [1.82, 2.24) is 0 Å². The van der Waals surface area contributed by atoms with E-state index in [0.717, 1.165) is 24.4 Å². The summed E-state index contributed by atoms with van der Waals surface area (Å²) in [4.78, 5) is 0. The number of aliphatic hydroxyl groups is 1. The predicted molar refractivity (Wildman–Crippen MR) is 83.3 cm³/mol. The van der Waals surface area contributed by atoms with E-state index < -0.39 is 6.10 Å². The van der Waals surface area contributed by atoms with E-state index in [1.807, 2.05) is 24.3 Å². The van der Waals surface area contributed by atoms with E-state index in [9.17, 15) is 5.11 Å². The van der Waals surface area contributed by atoms with E-state index in [1.54, 1.807) is 0 Å². The Morgan fingerprint density at radius 2 is 1.90 bits per heavy atom. The maximum absolute atomic E-state index is 9.93. The lowest BCUT2D eigenvalue weighted by Crippen LogP contribution is -2.29. The molecule has 0 radical (unpaired) electrons. The fourth-order valence-electron chi connectivity index (χ4n) is 2.51. The van der Waals surface area contributed by atoms with Crippen LogP contribution in [-0.2, 0) is 4.74 Å². The molecule has 0 amide bonds. The van der Waals surface area contributed by atoms with Gasteiger partial charge in [-0.15, -0.1) is 0 Å². The Morgan fingerprint density at radius 3 is 2.55 bits per heavy atom. The number of hydrogen-bond acceptors (Lipinski definition) is 3. The minimum absolute atomic E-state index is 0.330. The lowest BCUT2D eigenvalue weighted by molar-refractivity contribution is -0.0245. The molecule has 1 saturated carbocycles. The van der Waals surface area contributed by atoms with Gasteiger partial charge in [0.15, 0.2) is 0 Å². The molecule has 0 bridgehead atoms. The van der Waals surface area contributed by atoms with E-state index in [2.05, 4.69) is 12.2 Å². The van der Waals surface area contributed by atoms with Crippen LogP contribution in [0.4, 0.5) is 5.69 Å². The van der Waals surface area contributed by atoms with Crippen LogP contribution in [0.2, 0.25) is 5.02 Å². The molecule has 0 aliphatic heterocycles. The minimum Gasteiger partial charge on any atom is -0.389 e. The molecule has 0 spiro atoms. The van der Waals surface area contributed by atoms with Crippen molar-refractivity contribution in [2.75, 3.05) is 18.5 Å². The first-order valence-electron chi connectivity index (χ1n) is 7.42. The van der Waals surface area contributed by atoms with Gasteiger partial charge in [-0.05, 0) is 55.9 Å². The lowest BCUT2D eigenvalue weighted by atomic mass is 9.89. The molecular weight excluding hydrogens is 274 g/mol. The summed E-state index contributed by atoms with van der Waals surface area (Å²) in [6, 6.07) is 7.46. The lowest BCUT2D eigenvalue weighted by Gasteiger charge is -2.27. The largest absolute Gasteiger partial charge is 0.389 e. The van der Waals surface area contributed by atoms with Crippen molar-refractivity contribution in [1.29, 1.82) is 0 Å². The molecule has 1 aliphatic carbocycles. The second-order valence-corrected chi connectivity index (χ2v) is 6.19. The number of hydrogen-bond donors (Lipinski definition) is 2. The average molecular weight is 298 g/mol. The van der Waals surface area contributed by atoms with E-state index in [-0.39, 0.29) is 0 Å². The van der Waals surface area contributed by atoms with Crippen LogP contribution in [0.15, 0.2) is 24.3 Å². The normalized spacial score (nSPS) is 24.4. The Bertz CT molecular complexity index is 388. The third-order valence-corrected chi connectivity index (χ3v) is 4.13. The quantitative estimate of drug-likeness (QED) is 0.841. The summed E-state index contributed by atoms with van der Waals surface area (Å²) in [5, 5.41) is 13.8. The van der Waals surface area contributed by atoms with Crippen molar-refractivity contribution in [3.8, 4) is 0 Å². The van der Waals surface area contributed by atoms with Crippen molar-refractivity contribution >= 4 is 17.3 Å². The van der Waals surface area contributed by atoms with Crippen LogP contribution in [0.1, 0.15) is 32.6 Å². The zero-order valence-electron chi connectivity index (χ0n) is 12.0. The van der Waals surface area contributed by atoms with Crippen LogP contribution < -0.4 is 5.32 Å². The first kappa shape index (κ1) is 15.6. The summed E-state index contributed by atoms with van der Waals surface area (Å²) >= 11 is 5.82. The molecule has 3 nitrogen and oxygen atoms in total. The fraction of sp³-hybridized carbons (Fsp3) is 0.625. The molecule has 0 heterocycles. The monoisotopic (exact) mass is 297 g/mol. The Kier molecular flexibility index (Phi) is 6.14. The molecule has 1 unspecified atom stereocenters. The van der Waals surface area contributed by atoms with Crippen molar-refractivity contribution < 1.29 is 9.84 Å². The van der Waals surface area contributed by atoms with Crippen LogP contribution in [0, 0.1) is 5.92 Å². The molecule has 4 heteroatoms. The number of aliphatic hydroxyl groups excluding tert-OH is 1.